The molecule has 0 aromatic rings. The smallest absolute Gasteiger partial charge is 0.0232 e. The molecule has 2 saturated carbocycles. The first-order chi connectivity index (χ1) is 6.92. The fraction of sp³-hybridized carbons (Fsp3) is 1.00. The lowest BCUT2D eigenvalue weighted by Gasteiger charge is -2.28. The van der Waals surface area contributed by atoms with Crippen molar-refractivity contribution in [3.8, 4) is 0 Å². The minimum absolute atomic E-state index is 0.871. The highest BCUT2D eigenvalue weighted by atomic mass is 15.2. The molecule has 0 amide bonds. The van der Waals surface area contributed by atoms with Crippen molar-refractivity contribution in [3.05, 3.63) is 0 Å². The summed E-state index contributed by atoms with van der Waals surface area (Å²) in [5, 5.41) is 3.50. The summed E-state index contributed by atoms with van der Waals surface area (Å²) < 4.78 is 0. The van der Waals surface area contributed by atoms with E-state index in [1.165, 1.54) is 58.3 Å². The van der Waals surface area contributed by atoms with Crippen LogP contribution in [0.25, 0.3) is 0 Å². The van der Waals surface area contributed by atoms with Crippen LogP contribution in [-0.4, -0.2) is 37.1 Å². The van der Waals surface area contributed by atoms with Crippen LogP contribution in [0.5, 0.6) is 0 Å². The Bertz CT molecular complexity index is 176. The Labute approximate surface area is 87.0 Å². The van der Waals surface area contributed by atoms with Gasteiger partial charge in [-0.25, -0.2) is 0 Å². The summed E-state index contributed by atoms with van der Waals surface area (Å²) in [4.78, 5) is 2.80. The van der Waals surface area contributed by atoms with E-state index < -0.39 is 0 Å². The fourth-order valence-electron chi connectivity index (χ4n) is 2.59. The molecule has 0 bridgehead atoms. The molecule has 3 aliphatic rings. The number of hydrogen-bond acceptors (Lipinski definition) is 2. The molecule has 2 heteroatoms. The van der Waals surface area contributed by atoms with Gasteiger partial charge < -0.3 is 5.32 Å². The Hall–Kier alpha value is -0.0800. The summed E-state index contributed by atoms with van der Waals surface area (Å²) in [5.74, 6) is 2.13. The molecule has 1 N–H and O–H groups in total. The van der Waals surface area contributed by atoms with E-state index in [9.17, 15) is 0 Å². The summed E-state index contributed by atoms with van der Waals surface area (Å²) in [7, 11) is 0. The van der Waals surface area contributed by atoms with Crippen molar-refractivity contribution in [2.45, 2.75) is 38.1 Å². The van der Waals surface area contributed by atoms with E-state index in [-0.39, 0.29) is 0 Å². The number of rotatable bonds is 5. The van der Waals surface area contributed by atoms with Crippen molar-refractivity contribution in [2.75, 3.05) is 26.2 Å². The molecular formula is C12H22N2. The molecule has 3 fully saturated rings. The Morgan fingerprint density at radius 2 is 1.57 bits per heavy atom. The van der Waals surface area contributed by atoms with Crippen molar-refractivity contribution in [3.63, 3.8) is 0 Å². The van der Waals surface area contributed by atoms with Crippen LogP contribution in [0.2, 0.25) is 0 Å². The molecule has 2 aliphatic carbocycles. The third kappa shape index (κ3) is 2.29. The van der Waals surface area contributed by atoms with Crippen molar-refractivity contribution in [2.24, 2.45) is 11.8 Å². The second-order valence-electron chi connectivity index (χ2n) is 5.49. The second kappa shape index (κ2) is 3.82. The van der Waals surface area contributed by atoms with Crippen molar-refractivity contribution in [1.29, 1.82) is 0 Å². The summed E-state index contributed by atoms with van der Waals surface area (Å²) in [6.07, 6.45) is 7.39. The predicted octanol–water partition coefficient (Wildman–Crippen LogP) is 1.47. The SMILES string of the molecule is C1CC(N(CC2CC2)CC2CC2)CN1. The van der Waals surface area contributed by atoms with Crippen LogP contribution < -0.4 is 5.32 Å². The first kappa shape index (κ1) is 9.17. The molecule has 80 valence electrons. The maximum Gasteiger partial charge on any atom is 0.0232 e. The summed E-state index contributed by atoms with van der Waals surface area (Å²) in [6, 6.07) is 0.871. The molecule has 1 saturated heterocycles. The predicted molar refractivity (Wildman–Crippen MR) is 58.3 cm³/mol. The van der Waals surface area contributed by atoms with Crippen LogP contribution in [0.3, 0.4) is 0 Å². The maximum absolute atomic E-state index is 3.50. The van der Waals surface area contributed by atoms with Gasteiger partial charge >= 0.3 is 0 Å². The molecule has 0 radical (unpaired) electrons. The Balaban J connectivity index is 1.53. The quantitative estimate of drug-likeness (QED) is 0.713. The van der Waals surface area contributed by atoms with Crippen molar-refractivity contribution < 1.29 is 0 Å². The zero-order valence-corrected chi connectivity index (χ0v) is 9.04. The summed E-state index contributed by atoms with van der Waals surface area (Å²) in [6.45, 7) is 5.31. The van der Waals surface area contributed by atoms with Crippen LogP contribution in [0.4, 0.5) is 0 Å². The fourth-order valence-corrected chi connectivity index (χ4v) is 2.59. The standard InChI is InChI=1S/C12H22N2/c1-2-10(1)8-14(9-11-3-4-11)12-5-6-13-7-12/h10-13H,1-9H2. The number of nitrogens with zero attached hydrogens (tertiary/aromatic N) is 1. The number of nitrogens with one attached hydrogen (secondary N) is 1. The molecule has 1 heterocycles. The average molecular weight is 194 g/mol. The van der Waals surface area contributed by atoms with E-state index >= 15 is 0 Å². The van der Waals surface area contributed by atoms with E-state index in [0.717, 1.165) is 17.9 Å². The normalized spacial score (nSPS) is 32.8. The minimum Gasteiger partial charge on any atom is -0.315 e. The summed E-state index contributed by atoms with van der Waals surface area (Å²) >= 11 is 0. The van der Waals surface area contributed by atoms with Gasteiger partial charge in [0.25, 0.3) is 0 Å². The lowest BCUT2D eigenvalue weighted by molar-refractivity contribution is 0.191. The molecule has 1 aliphatic heterocycles. The maximum atomic E-state index is 3.50. The van der Waals surface area contributed by atoms with Gasteiger partial charge in [-0.2, -0.15) is 0 Å². The van der Waals surface area contributed by atoms with Crippen LogP contribution in [0.1, 0.15) is 32.1 Å². The van der Waals surface area contributed by atoms with E-state index in [0.29, 0.717) is 0 Å². The molecule has 0 aromatic heterocycles. The van der Waals surface area contributed by atoms with Crippen molar-refractivity contribution >= 4 is 0 Å². The molecule has 1 unspecified atom stereocenters. The Kier molecular flexibility index (Phi) is 2.50. The highest BCUT2D eigenvalue weighted by Gasteiger charge is 2.33. The topological polar surface area (TPSA) is 15.3 Å². The molecule has 1 atom stereocenters. The zero-order valence-electron chi connectivity index (χ0n) is 9.04. The van der Waals surface area contributed by atoms with Gasteiger partial charge in [0.15, 0.2) is 0 Å². The van der Waals surface area contributed by atoms with E-state index in [2.05, 4.69) is 10.2 Å². The van der Waals surface area contributed by atoms with E-state index in [1.807, 2.05) is 0 Å². The van der Waals surface area contributed by atoms with Gasteiger partial charge in [0.05, 0.1) is 0 Å². The lowest BCUT2D eigenvalue weighted by Crippen LogP contribution is -2.39. The van der Waals surface area contributed by atoms with Gasteiger partial charge in [-0.1, -0.05) is 0 Å². The minimum atomic E-state index is 0.871. The monoisotopic (exact) mass is 194 g/mol. The number of hydrogen-bond donors (Lipinski definition) is 1. The first-order valence-electron chi connectivity index (χ1n) is 6.36. The molecular weight excluding hydrogens is 172 g/mol. The second-order valence-corrected chi connectivity index (χ2v) is 5.49. The van der Waals surface area contributed by atoms with Gasteiger partial charge in [0.1, 0.15) is 0 Å². The molecule has 0 aromatic carbocycles. The van der Waals surface area contributed by atoms with Gasteiger partial charge in [-0.05, 0) is 50.5 Å². The molecule has 3 rings (SSSR count). The first-order valence-corrected chi connectivity index (χ1v) is 6.36. The van der Waals surface area contributed by atoms with E-state index in [1.54, 1.807) is 0 Å². The Morgan fingerprint density at radius 3 is 2.00 bits per heavy atom. The average Bonchev–Trinajstić information content (AvgIpc) is 3.10. The van der Waals surface area contributed by atoms with Gasteiger partial charge in [-0.15, -0.1) is 0 Å². The van der Waals surface area contributed by atoms with Crippen LogP contribution in [-0.2, 0) is 0 Å². The third-order valence-electron chi connectivity index (χ3n) is 3.93. The van der Waals surface area contributed by atoms with Crippen LogP contribution in [0.15, 0.2) is 0 Å². The summed E-state index contributed by atoms with van der Waals surface area (Å²) in [5.41, 5.74) is 0. The van der Waals surface area contributed by atoms with Crippen LogP contribution in [0, 0.1) is 11.8 Å². The molecule has 14 heavy (non-hydrogen) atoms. The molecule has 0 spiro atoms. The van der Waals surface area contributed by atoms with E-state index in [4.69, 9.17) is 0 Å². The third-order valence-corrected chi connectivity index (χ3v) is 3.93. The van der Waals surface area contributed by atoms with Crippen LogP contribution >= 0.6 is 0 Å². The highest BCUT2D eigenvalue weighted by molar-refractivity contribution is 4.88. The Morgan fingerprint density at radius 1 is 0.929 bits per heavy atom. The van der Waals surface area contributed by atoms with Gasteiger partial charge in [0.2, 0.25) is 0 Å². The highest BCUT2D eigenvalue weighted by Crippen LogP contribution is 2.34. The lowest BCUT2D eigenvalue weighted by atomic mass is 10.2. The van der Waals surface area contributed by atoms with Gasteiger partial charge in [-0.3, -0.25) is 4.90 Å². The zero-order chi connectivity index (χ0) is 9.38. The molecule has 2 nitrogen and oxygen atoms in total. The van der Waals surface area contributed by atoms with Gasteiger partial charge in [0, 0.05) is 25.7 Å². The largest absolute Gasteiger partial charge is 0.315 e. The van der Waals surface area contributed by atoms with Crippen molar-refractivity contribution in [1.82, 2.24) is 10.2 Å².